The van der Waals surface area contributed by atoms with Gasteiger partial charge >= 0.3 is 5.97 Å². The zero-order valence-corrected chi connectivity index (χ0v) is 7.15. The number of ether oxygens (including phenoxy) is 1. The van der Waals surface area contributed by atoms with Crippen LogP contribution in [0.25, 0.3) is 5.78 Å². The van der Waals surface area contributed by atoms with Gasteiger partial charge in [-0.3, -0.25) is 4.40 Å². The smallest absolute Gasteiger partial charge is 0.357 e. The van der Waals surface area contributed by atoms with Crippen LogP contribution < -0.4 is 0 Å². The summed E-state index contributed by atoms with van der Waals surface area (Å²) in [6, 6.07) is 0. The van der Waals surface area contributed by atoms with Crippen LogP contribution in [0.1, 0.15) is 17.4 Å². The van der Waals surface area contributed by atoms with Gasteiger partial charge in [-0.2, -0.15) is 0 Å². The van der Waals surface area contributed by atoms with E-state index in [0.29, 0.717) is 18.1 Å². The van der Waals surface area contributed by atoms with E-state index in [4.69, 9.17) is 4.74 Å². The fourth-order valence-electron chi connectivity index (χ4n) is 1.16. The van der Waals surface area contributed by atoms with Crippen molar-refractivity contribution in [3.63, 3.8) is 0 Å². The van der Waals surface area contributed by atoms with Gasteiger partial charge in [-0.1, -0.05) is 0 Å². The summed E-state index contributed by atoms with van der Waals surface area (Å²) in [4.78, 5) is 18.2. The number of fused-ring (bicyclic) bond motifs is 1. The molecule has 0 spiro atoms. The van der Waals surface area contributed by atoms with E-state index < -0.39 is 0 Å². The molecule has 0 bridgehead atoms. The van der Waals surface area contributed by atoms with Crippen LogP contribution in [-0.2, 0) is 4.74 Å². The number of carbonyl (C=O) groups is 1. The van der Waals surface area contributed by atoms with Gasteiger partial charge in [0.15, 0.2) is 5.69 Å². The number of hydrogen-bond acceptors (Lipinski definition) is 3. The zero-order chi connectivity index (χ0) is 9.26. The Labute approximate surface area is 74.3 Å². The Hall–Kier alpha value is -1.78. The Morgan fingerprint density at radius 1 is 1.77 bits per heavy atom. The molecule has 0 fully saturated rings. The van der Waals surface area contributed by atoms with Crippen LogP contribution in [0.3, 0.4) is 0 Å². The molecule has 2 rings (SSSR count). The Bertz CT molecular complexity index is 429. The largest absolute Gasteiger partial charge is 0.461 e. The second kappa shape index (κ2) is 2.93. The number of nitrogens with one attached hydrogen (secondary N) is 1. The fourth-order valence-corrected chi connectivity index (χ4v) is 1.16. The van der Waals surface area contributed by atoms with Gasteiger partial charge in [-0.15, -0.1) is 0 Å². The third-order valence-electron chi connectivity index (χ3n) is 1.72. The fraction of sp³-hybridized carbons (Fsp3) is 0.250. The van der Waals surface area contributed by atoms with E-state index in [9.17, 15) is 4.79 Å². The molecule has 0 aliphatic rings. The van der Waals surface area contributed by atoms with E-state index in [1.807, 2.05) is 0 Å². The molecule has 0 atom stereocenters. The third-order valence-corrected chi connectivity index (χ3v) is 1.72. The topological polar surface area (TPSA) is 59.4 Å². The molecule has 2 heterocycles. The summed E-state index contributed by atoms with van der Waals surface area (Å²) in [7, 11) is 0. The average Bonchev–Trinajstić information content (AvgIpc) is 2.62. The summed E-state index contributed by atoms with van der Waals surface area (Å²) < 4.78 is 6.50. The van der Waals surface area contributed by atoms with Crippen molar-refractivity contribution in [2.45, 2.75) is 6.92 Å². The SMILES string of the molecule is CCOC(=O)c1cnc2[nH]ccn12. The minimum Gasteiger partial charge on any atom is -0.461 e. The van der Waals surface area contributed by atoms with Gasteiger partial charge in [-0.25, -0.2) is 9.78 Å². The summed E-state index contributed by atoms with van der Waals surface area (Å²) in [6.45, 7) is 2.14. The molecule has 13 heavy (non-hydrogen) atoms. The van der Waals surface area contributed by atoms with Crippen LogP contribution in [0.5, 0.6) is 0 Å². The summed E-state index contributed by atoms with van der Waals surface area (Å²) in [6.07, 6.45) is 4.93. The highest BCUT2D eigenvalue weighted by molar-refractivity contribution is 5.88. The molecule has 5 heteroatoms. The van der Waals surface area contributed by atoms with E-state index in [0.717, 1.165) is 0 Å². The molecule has 0 radical (unpaired) electrons. The number of aromatic nitrogens is 3. The second-order valence-corrected chi connectivity index (χ2v) is 2.52. The molecule has 0 aliphatic heterocycles. The lowest BCUT2D eigenvalue weighted by Crippen LogP contribution is -2.06. The highest BCUT2D eigenvalue weighted by Crippen LogP contribution is 2.05. The predicted molar refractivity (Wildman–Crippen MR) is 45.5 cm³/mol. The van der Waals surface area contributed by atoms with Gasteiger partial charge in [0.25, 0.3) is 0 Å². The number of H-pyrrole nitrogens is 1. The van der Waals surface area contributed by atoms with E-state index >= 15 is 0 Å². The minimum atomic E-state index is -0.352. The molecule has 0 aromatic carbocycles. The number of imidazole rings is 2. The molecule has 0 saturated heterocycles. The minimum absolute atomic E-state index is 0.352. The molecule has 2 aromatic rings. The third kappa shape index (κ3) is 1.18. The molecule has 2 aromatic heterocycles. The monoisotopic (exact) mass is 179 g/mol. The van der Waals surface area contributed by atoms with Gasteiger partial charge in [0.05, 0.1) is 12.8 Å². The van der Waals surface area contributed by atoms with Crippen molar-refractivity contribution in [1.82, 2.24) is 14.4 Å². The first-order valence-electron chi connectivity index (χ1n) is 4.00. The van der Waals surface area contributed by atoms with Crippen LogP contribution in [0.2, 0.25) is 0 Å². The molecular formula is C8H9N3O2. The standard InChI is InChI=1S/C8H9N3O2/c1-2-13-7(12)6-5-10-8-9-3-4-11(6)8/h3-5H,2H2,1H3,(H,9,10). The Morgan fingerprint density at radius 2 is 2.62 bits per heavy atom. The molecule has 1 N–H and O–H groups in total. The summed E-state index contributed by atoms with van der Waals surface area (Å²) in [5, 5.41) is 0. The summed E-state index contributed by atoms with van der Waals surface area (Å²) in [5.74, 6) is 0.289. The van der Waals surface area contributed by atoms with Crippen LogP contribution in [0, 0.1) is 0 Å². The van der Waals surface area contributed by atoms with Gasteiger partial charge in [0, 0.05) is 12.4 Å². The predicted octanol–water partition coefficient (Wildman–Crippen LogP) is 0.839. The van der Waals surface area contributed by atoms with Gasteiger partial charge in [-0.05, 0) is 6.92 Å². The quantitative estimate of drug-likeness (QED) is 0.695. The van der Waals surface area contributed by atoms with Crippen LogP contribution in [0.15, 0.2) is 18.6 Å². The van der Waals surface area contributed by atoms with Gasteiger partial charge < -0.3 is 9.72 Å². The lowest BCUT2D eigenvalue weighted by Gasteiger charge is -1.98. The Balaban J connectivity index is 2.42. The molecule has 0 saturated carbocycles. The van der Waals surface area contributed by atoms with Gasteiger partial charge in [0.1, 0.15) is 0 Å². The van der Waals surface area contributed by atoms with Crippen molar-refractivity contribution < 1.29 is 9.53 Å². The van der Waals surface area contributed by atoms with E-state index in [1.165, 1.54) is 6.20 Å². The van der Waals surface area contributed by atoms with Crippen molar-refractivity contribution in [3.8, 4) is 0 Å². The van der Waals surface area contributed by atoms with Crippen molar-refractivity contribution in [1.29, 1.82) is 0 Å². The van der Waals surface area contributed by atoms with Crippen molar-refractivity contribution in [2.24, 2.45) is 0 Å². The number of esters is 1. The van der Waals surface area contributed by atoms with Crippen molar-refractivity contribution in [2.75, 3.05) is 6.61 Å². The Morgan fingerprint density at radius 3 is 3.38 bits per heavy atom. The molecule has 0 amide bonds. The van der Waals surface area contributed by atoms with E-state index in [1.54, 1.807) is 23.7 Å². The Kier molecular flexibility index (Phi) is 1.77. The normalized spacial score (nSPS) is 10.5. The molecule has 0 unspecified atom stereocenters. The van der Waals surface area contributed by atoms with Crippen LogP contribution >= 0.6 is 0 Å². The van der Waals surface area contributed by atoms with E-state index in [-0.39, 0.29) is 5.97 Å². The van der Waals surface area contributed by atoms with Crippen molar-refractivity contribution >= 4 is 11.7 Å². The van der Waals surface area contributed by atoms with E-state index in [2.05, 4.69) is 9.97 Å². The zero-order valence-electron chi connectivity index (χ0n) is 7.15. The summed E-state index contributed by atoms with van der Waals surface area (Å²) >= 11 is 0. The lowest BCUT2D eigenvalue weighted by atomic mass is 10.5. The highest BCUT2D eigenvalue weighted by atomic mass is 16.5. The van der Waals surface area contributed by atoms with Gasteiger partial charge in [0.2, 0.25) is 5.78 Å². The molecule has 0 aliphatic carbocycles. The van der Waals surface area contributed by atoms with Crippen molar-refractivity contribution in [3.05, 3.63) is 24.3 Å². The number of nitrogens with zero attached hydrogens (tertiary/aromatic N) is 2. The first-order valence-corrected chi connectivity index (χ1v) is 4.00. The maximum Gasteiger partial charge on any atom is 0.357 e. The van der Waals surface area contributed by atoms with Crippen LogP contribution in [-0.4, -0.2) is 26.9 Å². The second-order valence-electron chi connectivity index (χ2n) is 2.52. The first kappa shape index (κ1) is 7.85. The average molecular weight is 179 g/mol. The molecule has 68 valence electrons. The maximum atomic E-state index is 11.3. The molecule has 5 nitrogen and oxygen atoms in total. The van der Waals surface area contributed by atoms with Crippen LogP contribution in [0.4, 0.5) is 0 Å². The number of aromatic amines is 1. The first-order chi connectivity index (χ1) is 6.33. The highest BCUT2D eigenvalue weighted by Gasteiger charge is 2.12. The number of carbonyl (C=O) groups excluding carboxylic acids is 1. The number of hydrogen-bond donors (Lipinski definition) is 1. The summed E-state index contributed by atoms with van der Waals surface area (Å²) in [5.41, 5.74) is 0.443. The maximum absolute atomic E-state index is 11.3. The lowest BCUT2D eigenvalue weighted by molar-refractivity contribution is 0.0518. The number of rotatable bonds is 2. The molecular weight excluding hydrogens is 170 g/mol.